The van der Waals surface area contributed by atoms with E-state index in [1.807, 2.05) is 28.0 Å². The first kappa shape index (κ1) is 28.7. The molecule has 3 heterocycles. The summed E-state index contributed by atoms with van der Waals surface area (Å²) >= 11 is 15.8. The van der Waals surface area contributed by atoms with E-state index in [0.29, 0.717) is 47.1 Å². The molecule has 3 aliphatic heterocycles. The van der Waals surface area contributed by atoms with E-state index >= 15 is 0 Å². The van der Waals surface area contributed by atoms with Crippen molar-refractivity contribution in [3.63, 3.8) is 0 Å². The Bertz CT molecular complexity index is 1410. The molecule has 3 saturated heterocycles. The minimum atomic E-state index is -0.226. The van der Waals surface area contributed by atoms with Crippen molar-refractivity contribution in [2.45, 2.75) is 31.7 Å². The number of nitrogens with zero attached hydrogens (tertiary/aromatic N) is 3. The molecule has 6 rings (SSSR count). The van der Waals surface area contributed by atoms with Gasteiger partial charge in [0.25, 0.3) is 5.91 Å². The zero-order valence-corrected chi connectivity index (χ0v) is 26.0. The van der Waals surface area contributed by atoms with Crippen LogP contribution in [0.4, 0.5) is 0 Å². The van der Waals surface area contributed by atoms with Gasteiger partial charge in [-0.15, -0.1) is 0 Å². The zero-order chi connectivity index (χ0) is 28.6. The summed E-state index contributed by atoms with van der Waals surface area (Å²) in [5.41, 5.74) is 2.78. The predicted molar refractivity (Wildman–Crippen MR) is 167 cm³/mol. The largest absolute Gasteiger partial charge is 0.338 e. The maximum Gasteiger partial charge on any atom is 0.253 e. The van der Waals surface area contributed by atoms with Gasteiger partial charge in [-0.3, -0.25) is 9.59 Å². The minimum absolute atomic E-state index is 0.00740. The maximum absolute atomic E-state index is 13.6. The Morgan fingerprint density at radius 1 is 0.878 bits per heavy atom. The molecule has 3 aromatic rings. The predicted octanol–water partition coefficient (Wildman–Crippen LogP) is 7.13. The van der Waals surface area contributed by atoms with Crippen molar-refractivity contribution in [2.75, 3.05) is 39.3 Å². The average molecular weight is 655 g/mol. The fourth-order valence-electron chi connectivity index (χ4n) is 6.92. The van der Waals surface area contributed by atoms with Crippen LogP contribution >= 0.6 is 39.1 Å². The Labute approximate surface area is 260 Å². The molecule has 2 unspecified atom stereocenters. The third-order valence-electron chi connectivity index (χ3n) is 9.32. The highest BCUT2D eigenvalue weighted by atomic mass is 79.9. The summed E-state index contributed by atoms with van der Waals surface area (Å²) in [7, 11) is 0. The van der Waals surface area contributed by atoms with Gasteiger partial charge >= 0.3 is 0 Å². The van der Waals surface area contributed by atoms with Crippen LogP contribution in [0.25, 0.3) is 0 Å². The molecule has 3 aromatic carbocycles. The molecule has 0 N–H and O–H groups in total. The Morgan fingerprint density at radius 2 is 1.59 bits per heavy atom. The molecule has 3 fully saturated rings. The highest BCUT2D eigenvalue weighted by molar-refractivity contribution is 9.10. The van der Waals surface area contributed by atoms with E-state index in [0.717, 1.165) is 49.9 Å². The SMILES string of the molecule is O=C(c1ccc(Cl)c(Cl)c1)N1CC(CN2CCC3(CC2)CCN(Cc2ccc(Br)cc2)C3=O)C(c2ccccc2)C1. The number of hydrogen-bond donors (Lipinski definition) is 0. The number of piperidine rings is 1. The molecule has 1 spiro atoms. The number of rotatable bonds is 6. The summed E-state index contributed by atoms with van der Waals surface area (Å²) in [4.78, 5) is 33.6. The normalized spacial score (nSPS) is 22.6. The van der Waals surface area contributed by atoms with Gasteiger partial charge in [-0.05, 0) is 79.7 Å². The van der Waals surface area contributed by atoms with Crippen LogP contribution in [-0.2, 0) is 11.3 Å². The Morgan fingerprint density at radius 3 is 2.29 bits per heavy atom. The number of hydrogen-bond acceptors (Lipinski definition) is 3. The quantitative estimate of drug-likeness (QED) is 0.284. The van der Waals surface area contributed by atoms with E-state index in [9.17, 15) is 9.59 Å². The van der Waals surface area contributed by atoms with Gasteiger partial charge in [0, 0.05) is 48.7 Å². The molecule has 0 aromatic heterocycles. The van der Waals surface area contributed by atoms with Crippen molar-refractivity contribution in [3.8, 4) is 0 Å². The smallest absolute Gasteiger partial charge is 0.253 e. The molecular formula is C33H34BrCl2N3O2. The molecule has 8 heteroatoms. The second-order valence-corrected chi connectivity index (χ2v) is 13.5. The molecule has 0 saturated carbocycles. The van der Waals surface area contributed by atoms with Crippen LogP contribution in [0.2, 0.25) is 10.0 Å². The first-order chi connectivity index (χ1) is 19.8. The summed E-state index contributed by atoms with van der Waals surface area (Å²) in [6.45, 7) is 5.63. The molecule has 2 atom stereocenters. The van der Waals surface area contributed by atoms with Crippen LogP contribution in [0.3, 0.4) is 0 Å². The molecule has 0 aliphatic carbocycles. The fourth-order valence-corrected chi connectivity index (χ4v) is 7.49. The topological polar surface area (TPSA) is 43.9 Å². The molecule has 3 aliphatic rings. The van der Waals surface area contributed by atoms with Gasteiger partial charge in [-0.2, -0.15) is 0 Å². The third-order valence-corrected chi connectivity index (χ3v) is 10.6. The summed E-state index contributed by atoms with van der Waals surface area (Å²) in [6.07, 6.45) is 2.74. The van der Waals surface area contributed by atoms with Gasteiger partial charge in [-0.25, -0.2) is 0 Å². The molecule has 2 amide bonds. The second kappa shape index (κ2) is 12.1. The van der Waals surface area contributed by atoms with Crippen LogP contribution < -0.4 is 0 Å². The van der Waals surface area contributed by atoms with Crippen molar-refractivity contribution in [1.29, 1.82) is 0 Å². The summed E-state index contributed by atoms with van der Waals surface area (Å²) in [6, 6.07) is 23.9. The Hall–Kier alpha value is -2.38. The number of halogens is 3. The molecule has 0 radical (unpaired) electrons. The molecule has 5 nitrogen and oxygen atoms in total. The number of carbonyl (C=O) groups is 2. The van der Waals surface area contributed by atoms with Gasteiger partial charge in [0.1, 0.15) is 0 Å². The average Bonchev–Trinajstić information content (AvgIpc) is 3.54. The van der Waals surface area contributed by atoms with E-state index in [1.165, 1.54) is 11.1 Å². The van der Waals surface area contributed by atoms with Crippen molar-refractivity contribution in [1.82, 2.24) is 14.7 Å². The number of likely N-dealkylation sites (tertiary alicyclic amines) is 3. The van der Waals surface area contributed by atoms with Crippen LogP contribution in [0.1, 0.15) is 46.7 Å². The lowest BCUT2D eigenvalue weighted by atomic mass is 9.76. The van der Waals surface area contributed by atoms with Gasteiger partial charge in [-0.1, -0.05) is 81.6 Å². The highest BCUT2D eigenvalue weighted by Gasteiger charge is 2.48. The van der Waals surface area contributed by atoms with E-state index in [4.69, 9.17) is 23.2 Å². The lowest BCUT2D eigenvalue weighted by Gasteiger charge is -2.39. The number of amides is 2. The number of benzene rings is 3. The van der Waals surface area contributed by atoms with Crippen LogP contribution in [0.15, 0.2) is 77.3 Å². The first-order valence-corrected chi connectivity index (χ1v) is 15.9. The summed E-state index contributed by atoms with van der Waals surface area (Å²) in [5, 5.41) is 0.844. The number of carbonyl (C=O) groups excluding carboxylic acids is 2. The van der Waals surface area contributed by atoms with E-state index in [-0.39, 0.29) is 17.2 Å². The first-order valence-electron chi connectivity index (χ1n) is 14.4. The second-order valence-electron chi connectivity index (χ2n) is 11.8. The van der Waals surface area contributed by atoms with Crippen LogP contribution in [-0.4, -0.2) is 65.8 Å². The van der Waals surface area contributed by atoms with Gasteiger partial charge in [0.2, 0.25) is 5.91 Å². The van der Waals surface area contributed by atoms with E-state index in [1.54, 1.807) is 18.2 Å². The summed E-state index contributed by atoms with van der Waals surface area (Å²) in [5.74, 6) is 0.883. The highest BCUT2D eigenvalue weighted by Crippen LogP contribution is 2.43. The lowest BCUT2D eigenvalue weighted by molar-refractivity contribution is -0.139. The van der Waals surface area contributed by atoms with E-state index in [2.05, 4.69) is 57.2 Å². The van der Waals surface area contributed by atoms with Crippen molar-refractivity contribution >= 4 is 50.9 Å². The van der Waals surface area contributed by atoms with Crippen molar-refractivity contribution in [3.05, 3.63) is 104 Å². The third kappa shape index (κ3) is 6.08. The molecular weight excluding hydrogens is 621 g/mol. The van der Waals surface area contributed by atoms with Crippen molar-refractivity contribution < 1.29 is 9.59 Å². The van der Waals surface area contributed by atoms with Gasteiger partial charge < -0.3 is 14.7 Å². The maximum atomic E-state index is 13.6. The Kier molecular flexibility index (Phi) is 8.46. The van der Waals surface area contributed by atoms with Crippen molar-refractivity contribution in [2.24, 2.45) is 11.3 Å². The fraction of sp³-hybridized carbons (Fsp3) is 0.394. The Balaban J connectivity index is 1.11. The van der Waals surface area contributed by atoms with Crippen LogP contribution in [0.5, 0.6) is 0 Å². The lowest BCUT2D eigenvalue weighted by Crippen LogP contribution is -2.46. The zero-order valence-electron chi connectivity index (χ0n) is 22.9. The minimum Gasteiger partial charge on any atom is -0.338 e. The monoisotopic (exact) mass is 653 g/mol. The van der Waals surface area contributed by atoms with Gasteiger partial charge in [0.15, 0.2) is 0 Å². The van der Waals surface area contributed by atoms with Crippen LogP contribution in [0, 0.1) is 11.3 Å². The standard InChI is InChI=1S/C33H34BrCl2N3O2/c34-27-9-6-23(7-10-27)19-38-17-14-33(32(38)41)12-15-37(16-13-33)20-26-21-39(22-28(26)24-4-2-1-3-5-24)31(40)25-8-11-29(35)30(36)18-25/h1-11,18,26,28H,12-17,19-22H2. The van der Waals surface area contributed by atoms with E-state index < -0.39 is 0 Å². The molecule has 41 heavy (non-hydrogen) atoms. The summed E-state index contributed by atoms with van der Waals surface area (Å²) < 4.78 is 1.05. The van der Waals surface area contributed by atoms with Gasteiger partial charge in [0.05, 0.1) is 15.5 Å². The molecule has 0 bridgehead atoms. The molecule has 214 valence electrons.